The van der Waals surface area contributed by atoms with Crippen LogP contribution in [0.15, 0.2) is 0 Å². The fraction of sp³-hybridized carbons (Fsp3) is 1.00. The highest BCUT2D eigenvalue weighted by Gasteiger charge is 2.58. The molecular formula is C10H20O. The average molecular weight is 156 g/mol. The Balaban J connectivity index is 2.49. The molecule has 1 fully saturated rings. The van der Waals surface area contributed by atoms with Crippen LogP contribution in [0.1, 0.15) is 47.0 Å². The summed E-state index contributed by atoms with van der Waals surface area (Å²) in [7, 11) is 0. The number of hydrogen-bond acceptors (Lipinski definition) is 1. The first-order valence-electron chi connectivity index (χ1n) is 4.64. The van der Waals surface area contributed by atoms with Gasteiger partial charge < -0.3 is 5.11 Å². The lowest BCUT2D eigenvalue weighted by Gasteiger charge is -2.27. The molecule has 0 spiro atoms. The van der Waals surface area contributed by atoms with Gasteiger partial charge >= 0.3 is 0 Å². The van der Waals surface area contributed by atoms with E-state index in [-0.39, 0.29) is 11.0 Å². The third kappa shape index (κ3) is 1.44. The van der Waals surface area contributed by atoms with Gasteiger partial charge in [0.25, 0.3) is 0 Å². The van der Waals surface area contributed by atoms with Crippen molar-refractivity contribution in [2.24, 2.45) is 11.3 Å². The first-order valence-corrected chi connectivity index (χ1v) is 4.64. The van der Waals surface area contributed by atoms with Gasteiger partial charge in [-0.05, 0) is 24.2 Å². The fourth-order valence-corrected chi connectivity index (χ4v) is 1.92. The van der Waals surface area contributed by atoms with E-state index in [1.807, 2.05) is 0 Å². The van der Waals surface area contributed by atoms with Crippen molar-refractivity contribution in [3.8, 4) is 0 Å². The minimum atomic E-state index is -0.344. The second-order valence-electron chi connectivity index (χ2n) is 4.86. The van der Waals surface area contributed by atoms with E-state index in [1.165, 1.54) is 12.8 Å². The van der Waals surface area contributed by atoms with E-state index in [2.05, 4.69) is 27.7 Å². The van der Waals surface area contributed by atoms with Crippen molar-refractivity contribution in [1.29, 1.82) is 0 Å². The summed E-state index contributed by atoms with van der Waals surface area (Å²) < 4.78 is 0. The van der Waals surface area contributed by atoms with Gasteiger partial charge in [0.2, 0.25) is 0 Å². The summed E-state index contributed by atoms with van der Waals surface area (Å²) in [6.07, 6.45) is 3.40. The lowest BCUT2D eigenvalue weighted by molar-refractivity contribution is 0.0204. The molecule has 2 atom stereocenters. The van der Waals surface area contributed by atoms with Crippen LogP contribution in [0.4, 0.5) is 0 Å². The molecule has 1 rings (SSSR count). The third-order valence-corrected chi connectivity index (χ3v) is 3.01. The van der Waals surface area contributed by atoms with Gasteiger partial charge in [-0.3, -0.25) is 0 Å². The highest BCUT2D eigenvalue weighted by Crippen LogP contribution is 2.56. The van der Waals surface area contributed by atoms with Gasteiger partial charge in [-0.1, -0.05) is 34.1 Å². The van der Waals surface area contributed by atoms with Crippen LogP contribution in [0.25, 0.3) is 0 Å². The van der Waals surface area contributed by atoms with Gasteiger partial charge in [0, 0.05) is 0 Å². The molecule has 1 N–H and O–H groups in total. The van der Waals surface area contributed by atoms with Crippen molar-refractivity contribution in [2.45, 2.75) is 52.6 Å². The van der Waals surface area contributed by atoms with E-state index < -0.39 is 0 Å². The molecule has 0 aromatic heterocycles. The van der Waals surface area contributed by atoms with Crippen molar-refractivity contribution >= 4 is 0 Å². The standard InChI is InChI=1S/C10H20O/c1-5-6-8-7-10(8,11)9(2,3)4/h8,11H,5-7H2,1-4H3. The van der Waals surface area contributed by atoms with Crippen LogP contribution in [0, 0.1) is 11.3 Å². The molecule has 0 aromatic rings. The molecule has 0 amide bonds. The molecule has 1 heteroatoms. The fourth-order valence-electron chi connectivity index (χ4n) is 1.92. The van der Waals surface area contributed by atoms with Crippen molar-refractivity contribution in [2.75, 3.05) is 0 Å². The molecule has 0 radical (unpaired) electrons. The average Bonchev–Trinajstić information content (AvgIpc) is 2.43. The minimum absolute atomic E-state index is 0.0762. The molecule has 11 heavy (non-hydrogen) atoms. The second-order valence-corrected chi connectivity index (χ2v) is 4.86. The molecular weight excluding hydrogens is 136 g/mol. The SMILES string of the molecule is CCCC1CC1(O)C(C)(C)C. The van der Waals surface area contributed by atoms with Crippen molar-refractivity contribution in [3.63, 3.8) is 0 Å². The molecule has 1 aliphatic carbocycles. The Kier molecular flexibility index (Phi) is 2.04. The molecule has 2 unspecified atom stereocenters. The van der Waals surface area contributed by atoms with Crippen molar-refractivity contribution < 1.29 is 5.11 Å². The smallest absolute Gasteiger partial charge is 0.0728 e. The third-order valence-electron chi connectivity index (χ3n) is 3.01. The summed E-state index contributed by atoms with van der Waals surface area (Å²) in [6.45, 7) is 8.56. The van der Waals surface area contributed by atoms with E-state index >= 15 is 0 Å². The summed E-state index contributed by atoms with van der Waals surface area (Å²) in [6, 6.07) is 0. The Hall–Kier alpha value is -0.0400. The minimum Gasteiger partial charge on any atom is -0.389 e. The van der Waals surface area contributed by atoms with Crippen LogP contribution in [0.5, 0.6) is 0 Å². The Morgan fingerprint density at radius 1 is 1.45 bits per heavy atom. The molecule has 1 saturated carbocycles. The maximum atomic E-state index is 10.1. The molecule has 1 aliphatic rings. The normalized spacial score (nSPS) is 37.4. The molecule has 0 aliphatic heterocycles. The molecule has 0 heterocycles. The number of rotatable bonds is 2. The first kappa shape index (κ1) is 9.05. The van der Waals surface area contributed by atoms with Crippen molar-refractivity contribution in [3.05, 3.63) is 0 Å². The van der Waals surface area contributed by atoms with E-state index in [1.54, 1.807) is 0 Å². The quantitative estimate of drug-likeness (QED) is 0.651. The zero-order valence-corrected chi connectivity index (χ0v) is 8.15. The van der Waals surface area contributed by atoms with Gasteiger partial charge in [0.1, 0.15) is 0 Å². The van der Waals surface area contributed by atoms with Crippen LogP contribution >= 0.6 is 0 Å². The molecule has 66 valence electrons. The van der Waals surface area contributed by atoms with Crippen LogP contribution < -0.4 is 0 Å². The van der Waals surface area contributed by atoms with E-state index in [4.69, 9.17) is 0 Å². The Bertz CT molecular complexity index is 145. The largest absolute Gasteiger partial charge is 0.389 e. The maximum Gasteiger partial charge on any atom is 0.0728 e. The van der Waals surface area contributed by atoms with Gasteiger partial charge in [-0.25, -0.2) is 0 Å². The van der Waals surface area contributed by atoms with Crippen LogP contribution in [-0.2, 0) is 0 Å². The zero-order chi connectivity index (χ0) is 8.70. The van der Waals surface area contributed by atoms with Crippen LogP contribution in [0.3, 0.4) is 0 Å². The molecule has 0 aromatic carbocycles. The maximum absolute atomic E-state index is 10.1. The van der Waals surface area contributed by atoms with Gasteiger partial charge in [0.15, 0.2) is 0 Å². The summed E-state index contributed by atoms with van der Waals surface area (Å²) in [5.41, 5.74) is -0.268. The number of hydrogen-bond donors (Lipinski definition) is 1. The first-order chi connectivity index (χ1) is 4.92. The molecule has 0 saturated heterocycles. The molecule has 1 nitrogen and oxygen atoms in total. The van der Waals surface area contributed by atoms with E-state index in [0.717, 1.165) is 6.42 Å². The zero-order valence-electron chi connectivity index (χ0n) is 8.15. The summed E-state index contributed by atoms with van der Waals surface area (Å²) in [5.74, 6) is 0.576. The summed E-state index contributed by atoms with van der Waals surface area (Å²) in [5, 5.41) is 10.1. The Morgan fingerprint density at radius 2 is 2.00 bits per heavy atom. The number of aliphatic hydroxyl groups is 1. The summed E-state index contributed by atoms with van der Waals surface area (Å²) >= 11 is 0. The summed E-state index contributed by atoms with van der Waals surface area (Å²) in [4.78, 5) is 0. The monoisotopic (exact) mass is 156 g/mol. The van der Waals surface area contributed by atoms with E-state index in [0.29, 0.717) is 5.92 Å². The highest BCUT2D eigenvalue weighted by molar-refractivity contribution is 5.09. The topological polar surface area (TPSA) is 20.2 Å². The van der Waals surface area contributed by atoms with E-state index in [9.17, 15) is 5.11 Å². The lowest BCUT2D eigenvalue weighted by atomic mass is 9.84. The Morgan fingerprint density at radius 3 is 2.27 bits per heavy atom. The van der Waals surface area contributed by atoms with Gasteiger partial charge in [-0.15, -0.1) is 0 Å². The predicted octanol–water partition coefficient (Wildman–Crippen LogP) is 2.58. The van der Waals surface area contributed by atoms with Crippen LogP contribution in [-0.4, -0.2) is 10.7 Å². The highest BCUT2D eigenvalue weighted by atomic mass is 16.3. The Labute approximate surface area is 69.8 Å². The van der Waals surface area contributed by atoms with Crippen LogP contribution in [0.2, 0.25) is 0 Å². The second kappa shape index (κ2) is 2.48. The van der Waals surface area contributed by atoms with Gasteiger partial charge in [0.05, 0.1) is 5.60 Å². The predicted molar refractivity (Wildman–Crippen MR) is 47.4 cm³/mol. The molecule has 0 bridgehead atoms. The van der Waals surface area contributed by atoms with Gasteiger partial charge in [-0.2, -0.15) is 0 Å². The lowest BCUT2D eigenvalue weighted by Crippen LogP contribution is -2.30. The van der Waals surface area contributed by atoms with Crippen molar-refractivity contribution in [1.82, 2.24) is 0 Å².